The summed E-state index contributed by atoms with van der Waals surface area (Å²) in [4.78, 5) is 13.5. The normalized spacial score (nSPS) is 19.0. The summed E-state index contributed by atoms with van der Waals surface area (Å²) in [6.45, 7) is 2.12. The third-order valence-electron chi connectivity index (χ3n) is 3.46. The summed E-state index contributed by atoms with van der Waals surface area (Å²) < 4.78 is 5.78. The molecule has 1 aliphatic rings. The van der Waals surface area contributed by atoms with Gasteiger partial charge in [-0.3, -0.25) is 4.79 Å². The first kappa shape index (κ1) is 13.4. The van der Waals surface area contributed by atoms with Gasteiger partial charge in [0.05, 0.1) is 7.11 Å². The van der Waals surface area contributed by atoms with Crippen LogP contribution in [0.1, 0.15) is 19.3 Å². The van der Waals surface area contributed by atoms with Crippen LogP contribution in [-0.4, -0.2) is 26.2 Å². The van der Waals surface area contributed by atoms with Crippen molar-refractivity contribution in [3.8, 4) is 0 Å². The molecular weight excluding hydrogens is 294 g/mol. The van der Waals surface area contributed by atoms with E-state index in [1.165, 1.54) is 12.8 Å². The Morgan fingerprint density at radius 2 is 2.17 bits per heavy atom. The van der Waals surface area contributed by atoms with E-state index in [4.69, 9.17) is 0 Å². The minimum atomic E-state index is -0.0999. The molecule has 1 aromatic rings. The van der Waals surface area contributed by atoms with Gasteiger partial charge < -0.3 is 9.64 Å². The minimum absolute atomic E-state index is 0.0999. The van der Waals surface area contributed by atoms with Crippen LogP contribution >= 0.6 is 15.9 Å². The second-order valence-corrected chi connectivity index (χ2v) is 5.61. The second kappa shape index (κ2) is 6.23. The van der Waals surface area contributed by atoms with Crippen LogP contribution in [0.5, 0.6) is 0 Å². The van der Waals surface area contributed by atoms with Crippen molar-refractivity contribution in [3.63, 3.8) is 0 Å². The van der Waals surface area contributed by atoms with Gasteiger partial charge in [0, 0.05) is 29.7 Å². The molecule has 18 heavy (non-hydrogen) atoms. The summed E-state index contributed by atoms with van der Waals surface area (Å²) in [7, 11) is 1.45. The molecule has 1 atom stereocenters. The highest BCUT2D eigenvalue weighted by molar-refractivity contribution is 9.10. The molecule has 0 radical (unpaired) electrons. The van der Waals surface area contributed by atoms with Crippen LogP contribution in [-0.2, 0) is 9.53 Å². The third kappa shape index (κ3) is 3.48. The Labute approximate surface area is 116 Å². The Bertz CT molecular complexity index is 405. The van der Waals surface area contributed by atoms with Crippen LogP contribution in [0.3, 0.4) is 0 Å². The maximum Gasteiger partial charge on any atom is 0.305 e. The lowest BCUT2D eigenvalue weighted by atomic mass is 10.0. The van der Waals surface area contributed by atoms with Gasteiger partial charge in [0.1, 0.15) is 0 Å². The van der Waals surface area contributed by atoms with E-state index >= 15 is 0 Å². The van der Waals surface area contributed by atoms with Crippen molar-refractivity contribution < 1.29 is 9.53 Å². The lowest BCUT2D eigenvalue weighted by molar-refractivity contribution is -0.140. The number of ether oxygens (including phenoxy) is 1. The summed E-state index contributed by atoms with van der Waals surface area (Å²) in [5.41, 5.74) is 1.26. The Kier molecular flexibility index (Phi) is 4.64. The van der Waals surface area contributed by atoms with E-state index in [1.807, 2.05) is 0 Å². The molecule has 2 rings (SSSR count). The summed E-state index contributed by atoms with van der Waals surface area (Å²) in [5.74, 6) is 0.504. The average molecular weight is 312 g/mol. The minimum Gasteiger partial charge on any atom is -0.469 e. The van der Waals surface area contributed by atoms with Crippen molar-refractivity contribution in [2.45, 2.75) is 19.3 Å². The molecule has 3 nitrogen and oxygen atoms in total. The first-order chi connectivity index (χ1) is 8.69. The number of benzene rings is 1. The average Bonchev–Trinajstić information content (AvgIpc) is 2.85. The van der Waals surface area contributed by atoms with Gasteiger partial charge in [0.25, 0.3) is 0 Å². The highest BCUT2D eigenvalue weighted by atomic mass is 79.9. The van der Waals surface area contributed by atoms with E-state index in [2.05, 4.69) is 49.8 Å². The quantitative estimate of drug-likeness (QED) is 0.800. The van der Waals surface area contributed by atoms with Gasteiger partial charge in [0.2, 0.25) is 0 Å². The molecule has 1 saturated heterocycles. The van der Waals surface area contributed by atoms with Crippen molar-refractivity contribution in [1.82, 2.24) is 0 Å². The van der Waals surface area contributed by atoms with E-state index in [-0.39, 0.29) is 5.97 Å². The standard InChI is InChI=1S/C14H18BrNO2/c1-18-14(17)7-2-11-8-9-16(10-11)13-5-3-12(15)4-6-13/h3-6,11H,2,7-10H2,1H3. The zero-order chi connectivity index (χ0) is 13.0. The summed E-state index contributed by atoms with van der Waals surface area (Å²) >= 11 is 3.44. The van der Waals surface area contributed by atoms with Crippen molar-refractivity contribution in [3.05, 3.63) is 28.7 Å². The molecular formula is C14H18BrNO2. The first-order valence-corrected chi connectivity index (χ1v) is 7.05. The molecule has 0 aromatic heterocycles. The number of hydrogen-bond donors (Lipinski definition) is 0. The zero-order valence-electron chi connectivity index (χ0n) is 10.6. The first-order valence-electron chi connectivity index (χ1n) is 6.26. The molecule has 1 heterocycles. The predicted octanol–water partition coefficient (Wildman–Crippen LogP) is 3.23. The molecule has 4 heteroatoms. The van der Waals surface area contributed by atoms with Gasteiger partial charge in [-0.25, -0.2) is 0 Å². The maximum atomic E-state index is 11.1. The van der Waals surface area contributed by atoms with Crippen molar-refractivity contribution in [2.75, 3.05) is 25.1 Å². The van der Waals surface area contributed by atoms with Gasteiger partial charge >= 0.3 is 5.97 Å². The third-order valence-corrected chi connectivity index (χ3v) is 3.99. The lowest BCUT2D eigenvalue weighted by Crippen LogP contribution is -2.19. The van der Waals surface area contributed by atoms with Crippen LogP contribution < -0.4 is 4.90 Å². The van der Waals surface area contributed by atoms with Crippen LogP contribution in [0.2, 0.25) is 0 Å². The zero-order valence-corrected chi connectivity index (χ0v) is 12.1. The molecule has 0 bridgehead atoms. The Hall–Kier alpha value is -1.03. The Balaban J connectivity index is 1.84. The summed E-state index contributed by atoms with van der Waals surface area (Å²) in [6, 6.07) is 8.40. The van der Waals surface area contributed by atoms with E-state index in [1.54, 1.807) is 0 Å². The molecule has 1 aromatic carbocycles. The number of hydrogen-bond acceptors (Lipinski definition) is 3. The predicted molar refractivity (Wildman–Crippen MR) is 75.7 cm³/mol. The largest absolute Gasteiger partial charge is 0.469 e. The molecule has 0 amide bonds. The second-order valence-electron chi connectivity index (χ2n) is 4.69. The SMILES string of the molecule is COC(=O)CCC1CCN(c2ccc(Br)cc2)C1. The van der Waals surface area contributed by atoms with E-state index < -0.39 is 0 Å². The molecule has 1 aliphatic heterocycles. The van der Waals surface area contributed by atoms with Crippen LogP contribution in [0.4, 0.5) is 5.69 Å². The number of carbonyl (C=O) groups excluding carboxylic acids is 1. The summed E-state index contributed by atoms with van der Waals surface area (Å²) in [6.07, 6.45) is 2.63. The number of anilines is 1. The number of carbonyl (C=O) groups is 1. The fourth-order valence-electron chi connectivity index (χ4n) is 2.38. The van der Waals surface area contributed by atoms with Gasteiger partial charge in [-0.2, -0.15) is 0 Å². The van der Waals surface area contributed by atoms with Gasteiger partial charge in [-0.05, 0) is 43.0 Å². The highest BCUT2D eigenvalue weighted by Gasteiger charge is 2.23. The number of methoxy groups -OCH3 is 1. The molecule has 1 unspecified atom stereocenters. The molecule has 0 saturated carbocycles. The Morgan fingerprint density at radius 1 is 1.44 bits per heavy atom. The lowest BCUT2D eigenvalue weighted by Gasteiger charge is -2.18. The van der Waals surface area contributed by atoms with Gasteiger partial charge in [-0.1, -0.05) is 15.9 Å². The molecule has 0 spiro atoms. The van der Waals surface area contributed by atoms with Crippen LogP contribution in [0.25, 0.3) is 0 Å². The van der Waals surface area contributed by atoms with Crippen LogP contribution in [0.15, 0.2) is 28.7 Å². The fraction of sp³-hybridized carbons (Fsp3) is 0.500. The van der Waals surface area contributed by atoms with Crippen molar-refractivity contribution in [1.29, 1.82) is 0 Å². The van der Waals surface area contributed by atoms with E-state index in [0.29, 0.717) is 12.3 Å². The smallest absolute Gasteiger partial charge is 0.305 e. The molecule has 98 valence electrons. The molecule has 0 aliphatic carbocycles. The Morgan fingerprint density at radius 3 is 2.83 bits per heavy atom. The van der Waals surface area contributed by atoms with E-state index in [0.717, 1.165) is 30.4 Å². The monoisotopic (exact) mass is 311 g/mol. The fourth-order valence-corrected chi connectivity index (χ4v) is 2.64. The number of nitrogens with zero attached hydrogens (tertiary/aromatic N) is 1. The van der Waals surface area contributed by atoms with Crippen molar-refractivity contribution >= 4 is 27.6 Å². The molecule has 1 fully saturated rings. The maximum absolute atomic E-state index is 11.1. The van der Waals surface area contributed by atoms with Gasteiger partial charge in [-0.15, -0.1) is 0 Å². The highest BCUT2D eigenvalue weighted by Crippen LogP contribution is 2.27. The van der Waals surface area contributed by atoms with Crippen LogP contribution in [0, 0.1) is 5.92 Å². The number of esters is 1. The number of halogens is 1. The topological polar surface area (TPSA) is 29.5 Å². The van der Waals surface area contributed by atoms with Crippen molar-refractivity contribution in [2.24, 2.45) is 5.92 Å². The molecule has 0 N–H and O–H groups in total. The van der Waals surface area contributed by atoms with Gasteiger partial charge in [0.15, 0.2) is 0 Å². The number of rotatable bonds is 4. The van der Waals surface area contributed by atoms with E-state index in [9.17, 15) is 4.79 Å². The summed E-state index contributed by atoms with van der Waals surface area (Å²) in [5, 5.41) is 0.